The minimum absolute atomic E-state index is 0.0269. The summed E-state index contributed by atoms with van der Waals surface area (Å²) in [5.41, 5.74) is 1.23. The van der Waals surface area contributed by atoms with Crippen LogP contribution in [0.3, 0.4) is 0 Å². The topological polar surface area (TPSA) is 70.4 Å². The van der Waals surface area contributed by atoms with Crippen LogP contribution in [0.4, 0.5) is 0 Å². The number of carbonyl (C=O) groups excluding carboxylic acids is 1. The van der Waals surface area contributed by atoms with E-state index in [2.05, 4.69) is 4.98 Å². The van der Waals surface area contributed by atoms with Gasteiger partial charge in [0.15, 0.2) is 0 Å². The molecule has 0 bridgehead atoms. The number of carbonyl (C=O) groups is 1. The Morgan fingerprint density at radius 3 is 3.00 bits per heavy atom. The molecule has 1 aliphatic heterocycles. The molecule has 0 radical (unpaired) electrons. The molecular weight excluding hydrogens is 388 g/mol. The Morgan fingerprint density at radius 1 is 1.41 bits per heavy atom. The Bertz CT molecular complexity index is 1120. The Balaban J connectivity index is 1.64. The predicted molar refractivity (Wildman–Crippen MR) is 104 cm³/mol. The first-order chi connectivity index (χ1) is 13.0. The van der Waals surface area contributed by atoms with E-state index in [9.17, 15) is 9.59 Å². The fourth-order valence-electron chi connectivity index (χ4n) is 3.34. The number of nitrogens with zero attached hydrogens (tertiary/aromatic N) is 2. The summed E-state index contributed by atoms with van der Waals surface area (Å²) in [5.74, 6) is 0.899. The zero-order valence-electron chi connectivity index (χ0n) is 14.9. The summed E-state index contributed by atoms with van der Waals surface area (Å²) in [4.78, 5) is 30.9. The second-order valence-corrected chi connectivity index (χ2v) is 7.79. The molecule has 6 nitrogen and oxygen atoms in total. The number of hydrogen-bond donors (Lipinski definition) is 0. The van der Waals surface area contributed by atoms with Crippen LogP contribution in [0.1, 0.15) is 33.0 Å². The smallest absolute Gasteiger partial charge is 0.349 e. The number of hydrogen-bond acceptors (Lipinski definition) is 6. The van der Waals surface area contributed by atoms with E-state index in [1.807, 2.05) is 0 Å². The van der Waals surface area contributed by atoms with Crippen molar-refractivity contribution in [3.05, 3.63) is 55.4 Å². The molecule has 2 aromatic heterocycles. The fraction of sp³-hybridized carbons (Fsp3) is 0.316. The van der Waals surface area contributed by atoms with E-state index in [-0.39, 0.29) is 12.2 Å². The van der Waals surface area contributed by atoms with Gasteiger partial charge in [0, 0.05) is 23.6 Å². The first-order valence-electron chi connectivity index (χ1n) is 8.52. The molecule has 0 unspecified atom stereocenters. The van der Waals surface area contributed by atoms with Crippen LogP contribution in [0.5, 0.6) is 5.75 Å². The molecule has 0 spiro atoms. The average molecular weight is 405 g/mol. The average Bonchev–Trinajstić information content (AvgIpc) is 3.25. The number of fused-ring (bicyclic) bond motifs is 2. The van der Waals surface area contributed by atoms with E-state index in [4.69, 9.17) is 21.1 Å². The highest BCUT2D eigenvalue weighted by atomic mass is 35.5. The summed E-state index contributed by atoms with van der Waals surface area (Å²) in [6, 6.07) is 5.13. The van der Waals surface area contributed by atoms with Crippen molar-refractivity contribution >= 4 is 39.1 Å². The van der Waals surface area contributed by atoms with E-state index >= 15 is 0 Å². The third-order valence-corrected chi connectivity index (χ3v) is 6.10. The first kappa shape index (κ1) is 18.0. The molecule has 0 fully saturated rings. The first-order valence-corrected chi connectivity index (χ1v) is 9.71. The normalized spacial score (nSPS) is 13.0. The van der Waals surface area contributed by atoms with Crippen LogP contribution in [0.15, 0.2) is 23.0 Å². The summed E-state index contributed by atoms with van der Waals surface area (Å²) in [6.07, 6.45) is 1.71. The molecule has 0 amide bonds. The van der Waals surface area contributed by atoms with E-state index in [1.54, 1.807) is 36.8 Å². The Morgan fingerprint density at radius 2 is 2.22 bits per heavy atom. The quantitative estimate of drug-likeness (QED) is 0.619. The molecule has 0 saturated heterocycles. The van der Waals surface area contributed by atoms with Crippen LogP contribution in [0, 0.1) is 6.92 Å². The molecule has 1 aromatic carbocycles. The number of esters is 1. The van der Waals surface area contributed by atoms with Gasteiger partial charge in [-0.2, -0.15) is 0 Å². The van der Waals surface area contributed by atoms with Crippen molar-refractivity contribution in [2.75, 3.05) is 7.11 Å². The molecule has 140 valence electrons. The van der Waals surface area contributed by atoms with Crippen molar-refractivity contribution < 1.29 is 14.3 Å². The fourth-order valence-corrected chi connectivity index (χ4v) is 4.62. The van der Waals surface area contributed by atoms with Gasteiger partial charge in [-0.3, -0.25) is 9.36 Å². The Labute approximate surface area is 164 Å². The molecule has 1 aliphatic rings. The van der Waals surface area contributed by atoms with Gasteiger partial charge in [0.1, 0.15) is 27.9 Å². The number of rotatable bonds is 4. The number of methoxy groups -OCH3 is 1. The third kappa shape index (κ3) is 3.11. The van der Waals surface area contributed by atoms with Gasteiger partial charge in [-0.15, -0.1) is 11.3 Å². The highest BCUT2D eigenvalue weighted by Gasteiger charge is 2.24. The van der Waals surface area contributed by atoms with Gasteiger partial charge in [0.05, 0.1) is 12.5 Å². The maximum Gasteiger partial charge on any atom is 0.349 e. The highest BCUT2D eigenvalue weighted by Crippen LogP contribution is 2.30. The van der Waals surface area contributed by atoms with Crippen molar-refractivity contribution in [2.45, 2.75) is 32.9 Å². The highest BCUT2D eigenvalue weighted by molar-refractivity contribution is 7.20. The number of ether oxygens (including phenoxy) is 2. The van der Waals surface area contributed by atoms with Gasteiger partial charge < -0.3 is 9.47 Å². The second-order valence-electron chi connectivity index (χ2n) is 6.36. The van der Waals surface area contributed by atoms with Gasteiger partial charge in [-0.05, 0) is 37.1 Å². The maximum absolute atomic E-state index is 12.7. The third-order valence-electron chi connectivity index (χ3n) is 4.70. The van der Waals surface area contributed by atoms with Crippen molar-refractivity contribution in [1.82, 2.24) is 9.55 Å². The molecule has 27 heavy (non-hydrogen) atoms. The summed E-state index contributed by atoms with van der Waals surface area (Å²) in [5, 5.41) is 1.05. The lowest BCUT2D eigenvalue weighted by Crippen LogP contribution is -2.20. The zero-order valence-corrected chi connectivity index (χ0v) is 16.4. The molecule has 8 heteroatoms. The van der Waals surface area contributed by atoms with Gasteiger partial charge >= 0.3 is 5.97 Å². The van der Waals surface area contributed by atoms with Crippen LogP contribution in [-0.2, 0) is 24.3 Å². The predicted octanol–water partition coefficient (Wildman–Crippen LogP) is 3.73. The summed E-state index contributed by atoms with van der Waals surface area (Å²) >= 11 is 7.22. The van der Waals surface area contributed by atoms with Crippen LogP contribution in [-0.4, -0.2) is 22.6 Å². The van der Waals surface area contributed by atoms with E-state index in [0.29, 0.717) is 43.5 Å². The Hall–Kier alpha value is -2.38. The largest absolute Gasteiger partial charge is 0.496 e. The summed E-state index contributed by atoms with van der Waals surface area (Å²) in [7, 11) is 1.54. The van der Waals surface area contributed by atoms with E-state index < -0.39 is 5.97 Å². The number of aromatic nitrogens is 2. The minimum Gasteiger partial charge on any atom is -0.496 e. The molecule has 0 atom stereocenters. The lowest BCUT2D eigenvalue weighted by atomic mass is 10.2. The minimum atomic E-state index is -0.484. The SMILES string of the molecule is COc1ccc(Cl)cc1COC(=O)c1sc2nc3n(c(=O)c2c1C)CCC3. The van der Waals surface area contributed by atoms with Crippen LogP contribution in [0.2, 0.25) is 5.02 Å². The van der Waals surface area contributed by atoms with Crippen molar-refractivity contribution in [2.24, 2.45) is 0 Å². The summed E-state index contributed by atoms with van der Waals surface area (Å²) in [6.45, 7) is 2.47. The number of aryl methyl sites for hydroxylation is 2. The number of halogens is 1. The van der Waals surface area contributed by atoms with Gasteiger partial charge in [-0.25, -0.2) is 9.78 Å². The van der Waals surface area contributed by atoms with Crippen LogP contribution in [0.25, 0.3) is 10.2 Å². The van der Waals surface area contributed by atoms with Gasteiger partial charge in [-0.1, -0.05) is 11.6 Å². The zero-order chi connectivity index (χ0) is 19.1. The molecular formula is C19H17ClN2O4S. The van der Waals surface area contributed by atoms with Gasteiger partial charge in [0.25, 0.3) is 5.56 Å². The summed E-state index contributed by atoms with van der Waals surface area (Å²) < 4.78 is 12.4. The second kappa shape index (κ2) is 6.98. The lowest BCUT2D eigenvalue weighted by molar-refractivity contribution is 0.0475. The molecule has 4 rings (SSSR count). The molecule has 3 heterocycles. The van der Waals surface area contributed by atoms with Crippen molar-refractivity contribution in [3.8, 4) is 5.75 Å². The molecule has 0 N–H and O–H groups in total. The number of thiophene rings is 1. The maximum atomic E-state index is 12.7. The van der Waals surface area contributed by atoms with Gasteiger partial charge in [0.2, 0.25) is 0 Å². The van der Waals surface area contributed by atoms with E-state index in [1.165, 1.54) is 11.3 Å². The molecule has 0 aliphatic carbocycles. The van der Waals surface area contributed by atoms with Crippen LogP contribution >= 0.6 is 22.9 Å². The number of benzene rings is 1. The van der Waals surface area contributed by atoms with Crippen molar-refractivity contribution in [1.29, 1.82) is 0 Å². The monoisotopic (exact) mass is 404 g/mol. The molecule has 3 aromatic rings. The lowest BCUT2D eigenvalue weighted by Gasteiger charge is -2.09. The standard InChI is InChI=1S/C19H17ClN2O4S/c1-10-15-17(21-14-4-3-7-22(14)18(15)23)27-16(10)19(24)26-9-11-8-12(20)5-6-13(11)25-2/h5-6,8H,3-4,7,9H2,1-2H3. The van der Waals surface area contributed by atoms with E-state index in [0.717, 1.165) is 18.7 Å². The van der Waals surface area contributed by atoms with Crippen molar-refractivity contribution in [3.63, 3.8) is 0 Å². The molecule has 0 saturated carbocycles. The Kier molecular flexibility index (Phi) is 4.65. The van der Waals surface area contributed by atoms with Crippen LogP contribution < -0.4 is 10.3 Å².